The molecule has 0 aromatic carbocycles. The van der Waals surface area contributed by atoms with Crippen LogP contribution in [0.5, 0.6) is 0 Å². The Labute approximate surface area is 90.3 Å². The van der Waals surface area contributed by atoms with Gasteiger partial charge in [-0.25, -0.2) is 0 Å². The normalized spacial score (nSPS) is 30.9. The molecule has 0 amide bonds. The molecule has 2 rings (SSSR count). The molecule has 78 valence electrons. The van der Waals surface area contributed by atoms with Gasteiger partial charge in [0.25, 0.3) is 0 Å². The monoisotopic (exact) mass is 209 g/mol. The minimum absolute atomic E-state index is 0.0856. The predicted molar refractivity (Wildman–Crippen MR) is 62.6 cm³/mol. The van der Waals surface area contributed by atoms with E-state index in [1.54, 1.807) is 0 Å². The van der Waals surface area contributed by atoms with Crippen LogP contribution in [0.1, 0.15) is 43.6 Å². The van der Waals surface area contributed by atoms with Gasteiger partial charge in [0, 0.05) is 10.4 Å². The molecule has 0 aliphatic heterocycles. The third kappa shape index (κ3) is 1.32. The molecule has 1 nitrogen and oxygen atoms in total. The average molecular weight is 209 g/mol. The minimum atomic E-state index is -0.0856. The van der Waals surface area contributed by atoms with Gasteiger partial charge >= 0.3 is 0 Å². The smallest absolute Gasteiger partial charge is 0.0469 e. The Morgan fingerprint density at radius 2 is 2.07 bits per heavy atom. The highest BCUT2D eigenvalue weighted by Crippen LogP contribution is 2.51. The molecule has 1 unspecified atom stereocenters. The van der Waals surface area contributed by atoms with Gasteiger partial charge < -0.3 is 5.73 Å². The standard InChI is InChI=1S/C12H19NS/c1-9-7-10(8-14-9)12(13)6-4-5-11(12,2)3/h7-8H,4-6,13H2,1-3H3. The molecule has 0 radical (unpaired) electrons. The second kappa shape index (κ2) is 3.07. The first-order chi connectivity index (χ1) is 6.46. The van der Waals surface area contributed by atoms with Crippen LogP contribution in [-0.4, -0.2) is 0 Å². The Kier molecular flexibility index (Phi) is 2.24. The van der Waals surface area contributed by atoms with Crippen molar-refractivity contribution in [3.8, 4) is 0 Å². The van der Waals surface area contributed by atoms with Gasteiger partial charge in [0.1, 0.15) is 0 Å². The van der Waals surface area contributed by atoms with E-state index in [1.165, 1.54) is 23.3 Å². The van der Waals surface area contributed by atoms with E-state index in [1.807, 2.05) is 11.3 Å². The van der Waals surface area contributed by atoms with Crippen LogP contribution in [0.25, 0.3) is 0 Å². The van der Waals surface area contributed by atoms with Gasteiger partial charge in [-0.3, -0.25) is 0 Å². The van der Waals surface area contributed by atoms with Crippen molar-refractivity contribution in [2.45, 2.75) is 45.6 Å². The van der Waals surface area contributed by atoms with Gasteiger partial charge in [-0.2, -0.15) is 0 Å². The average Bonchev–Trinajstić information content (AvgIpc) is 2.60. The first kappa shape index (κ1) is 10.2. The summed E-state index contributed by atoms with van der Waals surface area (Å²) in [5.41, 5.74) is 8.09. The number of nitrogens with two attached hydrogens (primary N) is 1. The van der Waals surface area contributed by atoms with E-state index < -0.39 is 0 Å². The third-order valence-corrected chi connectivity index (χ3v) is 4.69. The number of thiophene rings is 1. The van der Waals surface area contributed by atoms with Crippen LogP contribution in [0.4, 0.5) is 0 Å². The molecule has 0 bridgehead atoms. The highest BCUT2D eigenvalue weighted by Gasteiger charge is 2.47. The van der Waals surface area contributed by atoms with Crippen molar-refractivity contribution in [3.63, 3.8) is 0 Å². The first-order valence-electron chi connectivity index (χ1n) is 5.30. The van der Waals surface area contributed by atoms with Crippen LogP contribution in [0.15, 0.2) is 11.4 Å². The van der Waals surface area contributed by atoms with E-state index >= 15 is 0 Å². The zero-order chi connectivity index (χ0) is 10.4. The highest BCUT2D eigenvalue weighted by atomic mass is 32.1. The fourth-order valence-electron chi connectivity index (χ4n) is 2.58. The SMILES string of the molecule is Cc1cc(C2(N)CCCC2(C)C)cs1. The van der Waals surface area contributed by atoms with E-state index in [0.29, 0.717) is 0 Å². The maximum atomic E-state index is 6.58. The predicted octanol–water partition coefficient (Wildman–Crippen LogP) is 3.42. The van der Waals surface area contributed by atoms with Gasteiger partial charge in [-0.1, -0.05) is 20.3 Å². The van der Waals surface area contributed by atoms with Crippen LogP contribution in [0, 0.1) is 12.3 Å². The molecule has 1 aromatic heterocycles. The summed E-state index contributed by atoms with van der Waals surface area (Å²) in [5, 5.41) is 2.24. The lowest BCUT2D eigenvalue weighted by atomic mass is 9.72. The van der Waals surface area contributed by atoms with Crippen molar-refractivity contribution >= 4 is 11.3 Å². The minimum Gasteiger partial charge on any atom is -0.321 e. The fraction of sp³-hybridized carbons (Fsp3) is 0.667. The maximum Gasteiger partial charge on any atom is 0.0469 e. The number of hydrogen-bond donors (Lipinski definition) is 1. The molecule has 1 aliphatic carbocycles. The zero-order valence-corrected chi connectivity index (χ0v) is 10.1. The highest BCUT2D eigenvalue weighted by molar-refractivity contribution is 7.10. The molecule has 0 spiro atoms. The summed E-state index contributed by atoms with van der Waals surface area (Å²) in [6.45, 7) is 6.75. The van der Waals surface area contributed by atoms with Crippen molar-refractivity contribution in [2.75, 3.05) is 0 Å². The van der Waals surface area contributed by atoms with Crippen LogP contribution in [-0.2, 0) is 5.54 Å². The quantitative estimate of drug-likeness (QED) is 0.753. The Hall–Kier alpha value is -0.340. The van der Waals surface area contributed by atoms with Gasteiger partial charge in [0.15, 0.2) is 0 Å². The summed E-state index contributed by atoms with van der Waals surface area (Å²) in [4.78, 5) is 1.37. The number of hydrogen-bond acceptors (Lipinski definition) is 2. The van der Waals surface area contributed by atoms with Crippen molar-refractivity contribution in [1.82, 2.24) is 0 Å². The summed E-state index contributed by atoms with van der Waals surface area (Å²) in [7, 11) is 0. The molecule has 2 N–H and O–H groups in total. The molecular weight excluding hydrogens is 190 g/mol. The van der Waals surface area contributed by atoms with Crippen molar-refractivity contribution in [3.05, 3.63) is 21.9 Å². The molecule has 2 heteroatoms. The lowest BCUT2D eigenvalue weighted by Gasteiger charge is -2.38. The van der Waals surface area contributed by atoms with Gasteiger partial charge in [-0.05, 0) is 42.2 Å². The Morgan fingerprint density at radius 1 is 1.36 bits per heavy atom. The van der Waals surface area contributed by atoms with E-state index in [9.17, 15) is 0 Å². The molecule has 14 heavy (non-hydrogen) atoms. The summed E-state index contributed by atoms with van der Waals surface area (Å²) in [6, 6.07) is 2.26. The molecule has 1 aromatic rings. The van der Waals surface area contributed by atoms with Crippen LogP contribution in [0.2, 0.25) is 0 Å². The zero-order valence-electron chi connectivity index (χ0n) is 9.26. The lowest BCUT2D eigenvalue weighted by Crippen LogP contribution is -2.45. The van der Waals surface area contributed by atoms with Crippen molar-refractivity contribution in [2.24, 2.45) is 11.1 Å². The summed E-state index contributed by atoms with van der Waals surface area (Å²) in [5.74, 6) is 0. The van der Waals surface area contributed by atoms with Crippen molar-refractivity contribution in [1.29, 1.82) is 0 Å². The summed E-state index contributed by atoms with van der Waals surface area (Å²) >= 11 is 1.81. The molecule has 0 saturated heterocycles. The topological polar surface area (TPSA) is 26.0 Å². The molecule has 1 atom stereocenters. The van der Waals surface area contributed by atoms with Crippen LogP contribution in [0.3, 0.4) is 0 Å². The van der Waals surface area contributed by atoms with E-state index in [4.69, 9.17) is 5.73 Å². The molecule has 1 heterocycles. The molecular formula is C12H19NS. The second-order valence-electron chi connectivity index (χ2n) is 5.15. The Bertz CT molecular complexity index is 340. The second-order valence-corrected chi connectivity index (χ2v) is 6.27. The fourth-order valence-corrected chi connectivity index (χ4v) is 3.37. The van der Waals surface area contributed by atoms with Gasteiger partial charge in [-0.15, -0.1) is 11.3 Å². The third-order valence-electron chi connectivity index (χ3n) is 3.83. The van der Waals surface area contributed by atoms with E-state index in [-0.39, 0.29) is 11.0 Å². The van der Waals surface area contributed by atoms with Crippen LogP contribution >= 0.6 is 11.3 Å². The summed E-state index contributed by atoms with van der Waals surface area (Å²) in [6.07, 6.45) is 3.65. The summed E-state index contributed by atoms with van der Waals surface area (Å²) < 4.78 is 0. The maximum absolute atomic E-state index is 6.58. The lowest BCUT2D eigenvalue weighted by molar-refractivity contribution is 0.211. The van der Waals surface area contributed by atoms with Crippen LogP contribution < -0.4 is 5.73 Å². The number of rotatable bonds is 1. The van der Waals surface area contributed by atoms with E-state index in [0.717, 1.165) is 6.42 Å². The first-order valence-corrected chi connectivity index (χ1v) is 6.18. The van der Waals surface area contributed by atoms with Gasteiger partial charge in [0.05, 0.1) is 0 Å². The Balaban J connectivity index is 2.41. The molecule has 1 aliphatic rings. The largest absolute Gasteiger partial charge is 0.321 e. The van der Waals surface area contributed by atoms with E-state index in [2.05, 4.69) is 32.2 Å². The Morgan fingerprint density at radius 3 is 2.50 bits per heavy atom. The van der Waals surface area contributed by atoms with Crippen molar-refractivity contribution < 1.29 is 0 Å². The van der Waals surface area contributed by atoms with Gasteiger partial charge in [0.2, 0.25) is 0 Å². The molecule has 1 fully saturated rings. The number of aryl methyl sites for hydroxylation is 1. The molecule has 1 saturated carbocycles.